The zero-order chi connectivity index (χ0) is 26.5. The topological polar surface area (TPSA) is 61.8 Å². The predicted molar refractivity (Wildman–Crippen MR) is 143 cm³/mol. The highest BCUT2D eigenvalue weighted by Gasteiger charge is 2.66. The fraction of sp³-hybridized carbons (Fsp3) is 0.938. The highest BCUT2D eigenvalue weighted by atomic mass is 16.7. The van der Waals surface area contributed by atoms with Crippen molar-refractivity contribution < 1.29 is 23.8 Å². The van der Waals surface area contributed by atoms with Gasteiger partial charge in [-0.3, -0.25) is 9.59 Å². The molecule has 0 aromatic carbocycles. The lowest BCUT2D eigenvalue weighted by atomic mass is 9.66. The van der Waals surface area contributed by atoms with Crippen LogP contribution in [-0.2, 0) is 23.8 Å². The van der Waals surface area contributed by atoms with E-state index in [1.54, 1.807) is 0 Å². The first kappa shape index (κ1) is 27.5. The van der Waals surface area contributed by atoms with E-state index in [1.807, 2.05) is 6.92 Å². The first-order valence-electron chi connectivity index (χ1n) is 15.5. The highest BCUT2D eigenvalue weighted by molar-refractivity contribution is 5.74. The average Bonchev–Trinajstić information content (AvgIpc) is 3.59. The van der Waals surface area contributed by atoms with E-state index in [0.29, 0.717) is 42.1 Å². The molecule has 4 bridgehead atoms. The van der Waals surface area contributed by atoms with Crippen LogP contribution in [0, 0.1) is 70.5 Å². The second-order valence-corrected chi connectivity index (χ2v) is 14.7. The number of hydrogen-bond acceptors (Lipinski definition) is 5. The first-order valence-corrected chi connectivity index (χ1v) is 15.5. The molecule has 0 saturated heterocycles. The third-order valence-electron chi connectivity index (χ3n) is 11.5. The Kier molecular flexibility index (Phi) is 8.03. The summed E-state index contributed by atoms with van der Waals surface area (Å²) in [6, 6.07) is 0. The highest BCUT2D eigenvalue weighted by Crippen LogP contribution is 2.69. The Morgan fingerprint density at radius 2 is 1.68 bits per heavy atom. The number of ether oxygens (including phenoxy) is 3. The molecule has 0 aromatic heterocycles. The Morgan fingerprint density at radius 1 is 0.946 bits per heavy atom. The summed E-state index contributed by atoms with van der Waals surface area (Å²) in [6.07, 6.45) is 10.7. The van der Waals surface area contributed by atoms with Gasteiger partial charge in [0.2, 0.25) is 0 Å². The Bertz CT molecular complexity index is 839. The molecule has 5 rings (SSSR count). The van der Waals surface area contributed by atoms with E-state index in [0.717, 1.165) is 37.0 Å². The Balaban J connectivity index is 1.11. The standard InChI is InChI=1S/C32H52O5/c1-7-8-21-9-19(4)14-32(6,15-21)16-35-17-36-31(34)25-11-22-10-24(25)29-26-12-23(28(22)29)13-27(26)37-30(33)20(5)18(2)3/h18-29H,7-17H2,1-6H3. The van der Waals surface area contributed by atoms with Crippen molar-refractivity contribution >= 4 is 11.9 Å². The molecular formula is C32H52O5. The van der Waals surface area contributed by atoms with Gasteiger partial charge in [-0.15, -0.1) is 0 Å². The molecular weight excluding hydrogens is 464 g/mol. The molecule has 0 heterocycles. The maximum absolute atomic E-state index is 13.2. The molecule has 0 aliphatic heterocycles. The van der Waals surface area contributed by atoms with Gasteiger partial charge in [-0.25, -0.2) is 0 Å². The molecule has 0 aromatic rings. The van der Waals surface area contributed by atoms with Crippen LogP contribution in [0.15, 0.2) is 0 Å². The van der Waals surface area contributed by atoms with Crippen LogP contribution in [0.1, 0.15) is 99.3 Å². The molecule has 5 aliphatic rings. The van der Waals surface area contributed by atoms with E-state index in [2.05, 4.69) is 34.6 Å². The van der Waals surface area contributed by atoms with Crippen molar-refractivity contribution in [3.63, 3.8) is 0 Å². The summed E-state index contributed by atoms with van der Waals surface area (Å²) >= 11 is 0. The van der Waals surface area contributed by atoms with Crippen molar-refractivity contribution in [2.45, 2.75) is 105 Å². The SMILES string of the molecule is CCCC1CC(C)CC(C)(COCOC(=O)C2CC3CC2C2C4CC(CC4OC(=O)C(C)C(C)C)C32)C1. The fourth-order valence-electron chi connectivity index (χ4n) is 10.1. The monoisotopic (exact) mass is 516 g/mol. The predicted octanol–water partition coefficient (Wildman–Crippen LogP) is 6.88. The molecule has 0 amide bonds. The van der Waals surface area contributed by atoms with Crippen molar-refractivity contribution in [2.75, 3.05) is 13.4 Å². The normalized spacial score (nSPS) is 44.7. The molecule has 12 atom stereocenters. The molecule has 5 aliphatic carbocycles. The van der Waals surface area contributed by atoms with Crippen LogP contribution >= 0.6 is 0 Å². The van der Waals surface area contributed by atoms with Crippen molar-refractivity contribution in [1.29, 1.82) is 0 Å². The largest absolute Gasteiger partial charge is 0.462 e. The van der Waals surface area contributed by atoms with Crippen LogP contribution in [0.3, 0.4) is 0 Å². The number of carbonyl (C=O) groups is 2. The molecule has 5 saturated carbocycles. The second-order valence-electron chi connectivity index (χ2n) is 14.7. The van der Waals surface area contributed by atoms with Gasteiger partial charge in [0, 0.05) is 0 Å². The minimum Gasteiger partial charge on any atom is -0.462 e. The van der Waals surface area contributed by atoms with Gasteiger partial charge in [0.25, 0.3) is 0 Å². The smallest absolute Gasteiger partial charge is 0.311 e. The number of carbonyl (C=O) groups excluding carboxylic acids is 2. The summed E-state index contributed by atoms with van der Waals surface area (Å²) < 4.78 is 17.8. The number of fused-ring (bicyclic) bond motifs is 9. The molecule has 37 heavy (non-hydrogen) atoms. The lowest BCUT2D eigenvalue weighted by Gasteiger charge is -2.41. The lowest BCUT2D eigenvalue weighted by Crippen LogP contribution is -2.42. The maximum atomic E-state index is 13.2. The minimum atomic E-state index is -0.0608. The van der Waals surface area contributed by atoms with Crippen LogP contribution in [0.4, 0.5) is 0 Å². The maximum Gasteiger partial charge on any atom is 0.311 e. The fourth-order valence-corrected chi connectivity index (χ4v) is 10.1. The number of rotatable bonds is 10. The summed E-state index contributed by atoms with van der Waals surface area (Å²) in [6.45, 7) is 13.9. The molecule has 0 N–H and O–H groups in total. The zero-order valence-corrected chi connectivity index (χ0v) is 24.2. The molecule has 5 nitrogen and oxygen atoms in total. The molecule has 12 unspecified atom stereocenters. The summed E-state index contributed by atoms with van der Waals surface area (Å²) in [5.74, 6) is 5.09. The summed E-state index contributed by atoms with van der Waals surface area (Å²) in [5.41, 5.74) is 0.187. The average molecular weight is 517 g/mol. The number of esters is 2. The van der Waals surface area contributed by atoms with E-state index in [9.17, 15) is 9.59 Å². The van der Waals surface area contributed by atoms with E-state index in [1.165, 1.54) is 38.5 Å². The Hall–Kier alpha value is -1.10. The Morgan fingerprint density at radius 3 is 2.41 bits per heavy atom. The molecule has 5 fully saturated rings. The van der Waals surface area contributed by atoms with Crippen LogP contribution in [0.5, 0.6) is 0 Å². The third-order valence-corrected chi connectivity index (χ3v) is 11.5. The van der Waals surface area contributed by atoms with Gasteiger partial charge in [0.15, 0.2) is 6.79 Å². The summed E-state index contributed by atoms with van der Waals surface area (Å²) in [4.78, 5) is 25.9. The van der Waals surface area contributed by atoms with Gasteiger partial charge in [0.05, 0.1) is 18.4 Å². The van der Waals surface area contributed by atoms with Crippen LogP contribution in [0.25, 0.3) is 0 Å². The van der Waals surface area contributed by atoms with Gasteiger partial charge >= 0.3 is 11.9 Å². The Labute approximate surface area is 225 Å². The second kappa shape index (κ2) is 10.8. The van der Waals surface area contributed by atoms with Crippen LogP contribution < -0.4 is 0 Å². The van der Waals surface area contributed by atoms with E-state index >= 15 is 0 Å². The van der Waals surface area contributed by atoms with Crippen molar-refractivity contribution in [2.24, 2.45) is 70.5 Å². The van der Waals surface area contributed by atoms with Crippen LogP contribution in [-0.4, -0.2) is 31.4 Å². The lowest BCUT2D eigenvalue weighted by molar-refractivity contribution is -0.171. The third kappa shape index (κ3) is 5.37. The van der Waals surface area contributed by atoms with Crippen molar-refractivity contribution in [1.82, 2.24) is 0 Å². The summed E-state index contributed by atoms with van der Waals surface area (Å²) in [7, 11) is 0. The quantitative estimate of drug-likeness (QED) is 0.137. The summed E-state index contributed by atoms with van der Waals surface area (Å²) in [5, 5.41) is 0. The number of hydrogen-bond donors (Lipinski definition) is 0. The van der Waals surface area contributed by atoms with E-state index < -0.39 is 0 Å². The van der Waals surface area contributed by atoms with Crippen LogP contribution in [0.2, 0.25) is 0 Å². The van der Waals surface area contributed by atoms with Gasteiger partial charge in [-0.2, -0.15) is 0 Å². The minimum absolute atomic E-state index is 0.000590. The van der Waals surface area contributed by atoms with Gasteiger partial charge < -0.3 is 14.2 Å². The molecule has 0 radical (unpaired) electrons. The van der Waals surface area contributed by atoms with Gasteiger partial charge in [0.1, 0.15) is 6.10 Å². The first-order chi connectivity index (χ1) is 17.6. The molecule has 5 heteroatoms. The zero-order valence-electron chi connectivity index (χ0n) is 24.2. The van der Waals surface area contributed by atoms with Crippen molar-refractivity contribution in [3.8, 4) is 0 Å². The van der Waals surface area contributed by atoms with Gasteiger partial charge in [-0.05, 0) is 104 Å². The van der Waals surface area contributed by atoms with E-state index in [4.69, 9.17) is 14.2 Å². The van der Waals surface area contributed by atoms with E-state index in [-0.39, 0.29) is 42.1 Å². The molecule has 0 spiro atoms. The van der Waals surface area contributed by atoms with Gasteiger partial charge in [-0.1, -0.05) is 54.4 Å². The molecule has 210 valence electrons. The van der Waals surface area contributed by atoms with Crippen molar-refractivity contribution in [3.05, 3.63) is 0 Å².